The normalized spacial score (nSPS) is 24.9. The van der Waals surface area contributed by atoms with Crippen molar-refractivity contribution in [1.29, 1.82) is 0 Å². The Kier molecular flexibility index (Phi) is 3.96. The Hall–Kier alpha value is -0.0800. The van der Waals surface area contributed by atoms with E-state index in [0.717, 1.165) is 6.04 Å². The molecule has 84 valence electrons. The summed E-state index contributed by atoms with van der Waals surface area (Å²) in [4.78, 5) is 5.09. The highest BCUT2D eigenvalue weighted by atomic mass is 15.2. The summed E-state index contributed by atoms with van der Waals surface area (Å²) in [6.07, 6.45) is 2.77. The fourth-order valence-corrected chi connectivity index (χ4v) is 2.11. The van der Waals surface area contributed by atoms with Gasteiger partial charge in [0, 0.05) is 18.1 Å². The summed E-state index contributed by atoms with van der Waals surface area (Å²) in [7, 11) is 2.24. The lowest BCUT2D eigenvalue weighted by molar-refractivity contribution is 0.124. The molecule has 1 atom stereocenters. The van der Waals surface area contributed by atoms with Crippen LogP contribution < -0.4 is 0 Å². The Morgan fingerprint density at radius 2 is 2.00 bits per heavy atom. The van der Waals surface area contributed by atoms with Crippen LogP contribution >= 0.6 is 0 Å². The summed E-state index contributed by atoms with van der Waals surface area (Å²) in [6.45, 7) is 12.9. The fourth-order valence-electron chi connectivity index (χ4n) is 2.11. The third-order valence-corrected chi connectivity index (χ3v) is 3.54. The zero-order valence-corrected chi connectivity index (χ0v) is 10.5. The summed E-state index contributed by atoms with van der Waals surface area (Å²) >= 11 is 0. The molecule has 1 heterocycles. The summed E-state index contributed by atoms with van der Waals surface area (Å²) in [5, 5.41) is 0. The molecule has 0 unspecified atom stereocenters. The van der Waals surface area contributed by atoms with Crippen LogP contribution in [-0.4, -0.2) is 48.1 Å². The van der Waals surface area contributed by atoms with Crippen molar-refractivity contribution in [1.82, 2.24) is 9.80 Å². The van der Waals surface area contributed by atoms with Gasteiger partial charge in [0.15, 0.2) is 0 Å². The molecule has 2 nitrogen and oxygen atoms in total. The van der Waals surface area contributed by atoms with E-state index in [2.05, 4.69) is 44.5 Å². The standard InChI is InChI=1S/C12H26N2/c1-6-14-9-7-8-11(14)10-13(5)12(2,3)4/h11H,6-10H2,1-5H3/t11-/m0/s1. The van der Waals surface area contributed by atoms with Crippen molar-refractivity contribution in [2.24, 2.45) is 0 Å². The quantitative estimate of drug-likeness (QED) is 0.686. The molecule has 1 fully saturated rings. The highest BCUT2D eigenvalue weighted by molar-refractivity contribution is 4.84. The monoisotopic (exact) mass is 198 g/mol. The van der Waals surface area contributed by atoms with Gasteiger partial charge < -0.3 is 0 Å². The Balaban J connectivity index is 2.43. The maximum absolute atomic E-state index is 2.61. The minimum absolute atomic E-state index is 0.308. The second-order valence-electron chi connectivity index (χ2n) is 5.48. The first-order valence-corrected chi connectivity index (χ1v) is 5.90. The number of rotatable bonds is 3. The second kappa shape index (κ2) is 4.63. The molecule has 1 aliphatic heterocycles. The number of likely N-dealkylation sites (N-methyl/N-ethyl adjacent to an activating group) is 2. The van der Waals surface area contributed by atoms with Crippen molar-refractivity contribution < 1.29 is 0 Å². The molecule has 0 aromatic carbocycles. The molecule has 0 N–H and O–H groups in total. The Morgan fingerprint density at radius 1 is 1.36 bits per heavy atom. The van der Waals surface area contributed by atoms with Crippen molar-refractivity contribution in [3.05, 3.63) is 0 Å². The second-order valence-corrected chi connectivity index (χ2v) is 5.48. The molecule has 0 spiro atoms. The lowest BCUT2D eigenvalue weighted by Gasteiger charge is -2.36. The maximum atomic E-state index is 2.61. The molecule has 0 aromatic rings. The van der Waals surface area contributed by atoms with Gasteiger partial charge in [0.1, 0.15) is 0 Å². The zero-order valence-electron chi connectivity index (χ0n) is 10.5. The number of nitrogens with zero attached hydrogens (tertiary/aromatic N) is 2. The molecule has 0 aromatic heterocycles. The lowest BCUT2D eigenvalue weighted by Crippen LogP contribution is -2.46. The first-order chi connectivity index (χ1) is 6.45. The molecule has 0 saturated carbocycles. The van der Waals surface area contributed by atoms with E-state index in [-0.39, 0.29) is 0 Å². The average molecular weight is 198 g/mol. The lowest BCUT2D eigenvalue weighted by atomic mass is 10.1. The molecule has 2 heteroatoms. The van der Waals surface area contributed by atoms with Gasteiger partial charge in [-0.2, -0.15) is 0 Å². The highest BCUT2D eigenvalue weighted by Crippen LogP contribution is 2.20. The maximum Gasteiger partial charge on any atom is 0.0223 e. The molecule has 0 aliphatic carbocycles. The van der Waals surface area contributed by atoms with E-state index in [1.807, 2.05) is 0 Å². The van der Waals surface area contributed by atoms with Gasteiger partial charge in [-0.1, -0.05) is 6.92 Å². The van der Waals surface area contributed by atoms with Gasteiger partial charge in [-0.3, -0.25) is 9.80 Å². The van der Waals surface area contributed by atoms with Crippen molar-refractivity contribution >= 4 is 0 Å². The smallest absolute Gasteiger partial charge is 0.0223 e. The molecule has 1 rings (SSSR count). The van der Waals surface area contributed by atoms with Crippen LogP contribution in [0.2, 0.25) is 0 Å². The summed E-state index contributed by atoms with van der Waals surface area (Å²) < 4.78 is 0. The Labute approximate surface area is 89.3 Å². The molecule has 14 heavy (non-hydrogen) atoms. The van der Waals surface area contributed by atoms with Gasteiger partial charge in [0.05, 0.1) is 0 Å². The van der Waals surface area contributed by atoms with Crippen LogP contribution in [0.3, 0.4) is 0 Å². The third kappa shape index (κ3) is 2.96. The predicted octanol–water partition coefficient (Wildman–Crippen LogP) is 2.20. The van der Waals surface area contributed by atoms with Crippen LogP contribution in [-0.2, 0) is 0 Å². The van der Waals surface area contributed by atoms with Crippen LogP contribution in [0.5, 0.6) is 0 Å². The minimum atomic E-state index is 0.308. The average Bonchev–Trinajstić information content (AvgIpc) is 2.50. The van der Waals surface area contributed by atoms with Crippen molar-refractivity contribution in [2.75, 3.05) is 26.7 Å². The van der Waals surface area contributed by atoms with E-state index in [4.69, 9.17) is 0 Å². The first-order valence-electron chi connectivity index (χ1n) is 5.90. The van der Waals surface area contributed by atoms with Crippen LogP contribution in [0.25, 0.3) is 0 Å². The van der Waals surface area contributed by atoms with Gasteiger partial charge in [0.2, 0.25) is 0 Å². The molecule has 0 amide bonds. The third-order valence-electron chi connectivity index (χ3n) is 3.54. The van der Waals surface area contributed by atoms with Gasteiger partial charge in [-0.15, -0.1) is 0 Å². The van der Waals surface area contributed by atoms with E-state index in [1.54, 1.807) is 0 Å². The predicted molar refractivity (Wildman–Crippen MR) is 62.7 cm³/mol. The molecule has 0 radical (unpaired) electrons. The van der Waals surface area contributed by atoms with Crippen LogP contribution in [0, 0.1) is 0 Å². The number of hydrogen-bond donors (Lipinski definition) is 0. The first kappa shape index (κ1) is 12.0. The van der Waals surface area contributed by atoms with E-state index in [1.165, 1.54) is 32.5 Å². The minimum Gasteiger partial charge on any atom is -0.300 e. The van der Waals surface area contributed by atoms with Crippen molar-refractivity contribution in [2.45, 2.75) is 52.1 Å². The van der Waals surface area contributed by atoms with E-state index in [9.17, 15) is 0 Å². The molecule has 0 bridgehead atoms. The fraction of sp³-hybridized carbons (Fsp3) is 1.00. The van der Waals surface area contributed by atoms with Gasteiger partial charge in [-0.25, -0.2) is 0 Å². The number of likely N-dealkylation sites (tertiary alicyclic amines) is 1. The molecular weight excluding hydrogens is 172 g/mol. The van der Waals surface area contributed by atoms with Crippen LogP contribution in [0.4, 0.5) is 0 Å². The SMILES string of the molecule is CCN1CCC[C@H]1CN(C)C(C)(C)C. The number of hydrogen-bond acceptors (Lipinski definition) is 2. The van der Waals surface area contributed by atoms with Crippen molar-refractivity contribution in [3.8, 4) is 0 Å². The van der Waals surface area contributed by atoms with Crippen LogP contribution in [0.1, 0.15) is 40.5 Å². The zero-order chi connectivity index (χ0) is 10.8. The Morgan fingerprint density at radius 3 is 2.50 bits per heavy atom. The molecule has 1 aliphatic rings. The van der Waals surface area contributed by atoms with E-state index >= 15 is 0 Å². The summed E-state index contributed by atoms with van der Waals surface area (Å²) in [6, 6.07) is 0.796. The molecule has 1 saturated heterocycles. The van der Waals surface area contributed by atoms with Gasteiger partial charge in [-0.05, 0) is 53.8 Å². The van der Waals surface area contributed by atoms with Gasteiger partial charge in [0.25, 0.3) is 0 Å². The Bertz CT molecular complexity index is 172. The van der Waals surface area contributed by atoms with E-state index < -0.39 is 0 Å². The largest absolute Gasteiger partial charge is 0.300 e. The van der Waals surface area contributed by atoms with Crippen LogP contribution in [0.15, 0.2) is 0 Å². The van der Waals surface area contributed by atoms with E-state index in [0.29, 0.717) is 5.54 Å². The summed E-state index contributed by atoms with van der Waals surface area (Å²) in [5.41, 5.74) is 0.308. The van der Waals surface area contributed by atoms with Crippen molar-refractivity contribution in [3.63, 3.8) is 0 Å². The topological polar surface area (TPSA) is 6.48 Å². The van der Waals surface area contributed by atoms with Gasteiger partial charge >= 0.3 is 0 Å². The molecular formula is C12H26N2. The summed E-state index contributed by atoms with van der Waals surface area (Å²) in [5.74, 6) is 0. The highest BCUT2D eigenvalue weighted by Gasteiger charge is 2.27.